The normalized spacial score (nSPS) is 21.1. The quantitative estimate of drug-likeness (QED) is 0.680. The van der Waals surface area contributed by atoms with Crippen LogP contribution in [0.25, 0.3) is 11.3 Å². The number of fused-ring (bicyclic) bond motifs is 1. The van der Waals surface area contributed by atoms with Crippen molar-refractivity contribution in [2.45, 2.75) is 44.8 Å². The molecule has 0 saturated carbocycles. The van der Waals surface area contributed by atoms with Crippen LogP contribution < -0.4 is 0 Å². The van der Waals surface area contributed by atoms with E-state index in [1.54, 1.807) is 25.3 Å². The Bertz CT molecular complexity index is 873. The first kappa shape index (κ1) is 19.5. The summed E-state index contributed by atoms with van der Waals surface area (Å²) in [4.78, 5) is 16.5. The van der Waals surface area contributed by atoms with Crippen LogP contribution in [0.15, 0.2) is 30.5 Å². The summed E-state index contributed by atoms with van der Waals surface area (Å²) < 4.78 is 14.8. The molecule has 0 saturated heterocycles. The number of aryl methyl sites for hydroxylation is 1. The monoisotopic (exact) mass is 371 g/mol. The molecule has 0 fully saturated rings. The van der Waals surface area contributed by atoms with Crippen LogP contribution in [-0.2, 0) is 16.6 Å². The van der Waals surface area contributed by atoms with Gasteiger partial charge in [-0.3, -0.25) is 9.78 Å². The van der Waals surface area contributed by atoms with Crippen molar-refractivity contribution in [2.24, 2.45) is 5.92 Å². The molecule has 3 rings (SSSR count). The van der Waals surface area contributed by atoms with Crippen LogP contribution in [0.4, 0.5) is 4.39 Å². The Morgan fingerprint density at radius 1 is 1.41 bits per heavy atom. The van der Waals surface area contributed by atoms with Gasteiger partial charge in [0.1, 0.15) is 5.82 Å². The summed E-state index contributed by atoms with van der Waals surface area (Å²) in [5.74, 6) is -1.59. The Morgan fingerprint density at radius 2 is 2.15 bits per heavy atom. The molecule has 2 atom stereocenters. The number of rotatable bonds is 6. The molecule has 0 bridgehead atoms. The van der Waals surface area contributed by atoms with Crippen LogP contribution in [0.5, 0.6) is 0 Å². The maximum atomic E-state index is 14.8. The topological polar surface area (TPSA) is 90.7 Å². The lowest BCUT2D eigenvalue weighted by molar-refractivity contribution is -0.145. The number of nitrogens with zero attached hydrogens (tertiary/aromatic N) is 1. The summed E-state index contributed by atoms with van der Waals surface area (Å²) in [5.41, 5.74) is 1.80. The van der Waals surface area contributed by atoms with Gasteiger partial charge in [-0.2, -0.15) is 0 Å². The fourth-order valence-corrected chi connectivity index (χ4v) is 4.13. The maximum Gasteiger partial charge on any atom is 0.451 e. The molecule has 1 heterocycles. The summed E-state index contributed by atoms with van der Waals surface area (Å²) in [6.07, 6.45) is 3.25. The Kier molecular flexibility index (Phi) is 5.35. The molecular formula is C20H23BFNO4. The molecule has 2 aromatic rings. The van der Waals surface area contributed by atoms with Crippen molar-refractivity contribution >= 4 is 13.1 Å². The van der Waals surface area contributed by atoms with Crippen LogP contribution in [0, 0.1) is 18.7 Å². The highest BCUT2D eigenvalue weighted by Crippen LogP contribution is 2.47. The second-order valence-corrected chi connectivity index (χ2v) is 7.48. The largest absolute Gasteiger partial charge is 0.481 e. The number of carbonyl (C=O) groups is 1. The second kappa shape index (κ2) is 7.41. The molecule has 1 aromatic heterocycles. The maximum absolute atomic E-state index is 14.8. The van der Waals surface area contributed by atoms with Crippen molar-refractivity contribution in [3.05, 3.63) is 53.0 Å². The van der Waals surface area contributed by atoms with Crippen LogP contribution in [0.2, 0.25) is 6.32 Å². The van der Waals surface area contributed by atoms with Gasteiger partial charge in [-0.15, -0.1) is 0 Å². The Morgan fingerprint density at radius 3 is 2.78 bits per heavy atom. The number of carboxylic acid groups (broad SMARTS) is 1. The molecule has 0 aliphatic heterocycles. The van der Waals surface area contributed by atoms with Gasteiger partial charge in [0.05, 0.1) is 11.1 Å². The van der Waals surface area contributed by atoms with E-state index >= 15 is 0 Å². The third-order valence-electron chi connectivity index (χ3n) is 5.76. The van der Waals surface area contributed by atoms with Gasteiger partial charge < -0.3 is 15.2 Å². The first-order valence-electron chi connectivity index (χ1n) is 9.09. The van der Waals surface area contributed by atoms with Crippen molar-refractivity contribution < 1.29 is 24.3 Å². The standard InChI is InChI=1S/C20H23BFNO4/c1-12-5-4-8-23-18(12)15-11-16-13(10-17(15)22)9-14(6-3-7-21(26)27)20(16,2)19(24)25/h4-5,8,10-11,14,26-27H,3,6-7,9H2,1-2H3,(H,24,25)/t14-,20-/m0/s1. The Balaban J connectivity index is 2.03. The fourth-order valence-electron chi connectivity index (χ4n) is 4.13. The first-order chi connectivity index (χ1) is 12.7. The number of hydrogen-bond donors (Lipinski definition) is 3. The minimum Gasteiger partial charge on any atom is -0.481 e. The van der Waals surface area contributed by atoms with Gasteiger partial charge in [0.25, 0.3) is 0 Å². The molecule has 1 aliphatic carbocycles. The van der Waals surface area contributed by atoms with E-state index in [-0.39, 0.29) is 12.2 Å². The summed E-state index contributed by atoms with van der Waals surface area (Å²) in [5, 5.41) is 28.1. The summed E-state index contributed by atoms with van der Waals surface area (Å²) in [6.45, 7) is 3.52. The van der Waals surface area contributed by atoms with Gasteiger partial charge in [0.2, 0.25) is 0 Å². The number of halogens is 1. The Hall–Kier alpha value is -2.25. The van der Waals surface area contributed by atoms with Crippen LogP contribution in [0.3, 0.4) is 0 Å². The van der Waals surface area contributed by atoms with Gasteiger partial charge in [0.15, 0.2) is 0 Å². The summed E-state index contributed by atoms with van der Waals surface area (Å²) in [6, 6.07) is 6.68. The van der Waals surface area contributed by atoms with E-state index in [0.717, 1.165) is 5.56 Å². The number of aromatic nitrogens is 1. The van der Waals surface area contributed by atoms with Crippen LogP contribution >= 0.6 is 0 Å². The molecule has 142 valence electrons. The van der Waals surface area contributed by atoms with E-state index in [4.69, 9.17) is 10.0 Å². The number of benzene rings is 1. The molecule has 0 unspecified atom stereocenters. The highest BCUT2D eigenvalue weighted by molar-refractivity contribution is 6.40. The van der Waals surface area contributed by atoms with Crippen molar-refractivity contribution in [3.8, 4) is 11.3 Å². The van der Waals surface area contributed by atoms with Crippen LogP contribution in [0.1, 0.15) is 36.5 Å². The average Bonchev–Trinajstić information content (AvgIpc) is 2.87. The zero-order valence-corrected chi connectivity index (χ0v) is 15.4. The predicted octanol–water partition coefficient (Wildman–Crippen LogP) is 2.96. The number of carboxylic acids is 1. The lowest BCUT2D eigenvalue weighted by Crippen LogP contribution is -2.37. The molecule has 0 radical (unpaired) electrons. The molecule has 0 amide bonds. The summed E-state index contributed by atoms with van der Waals surface area (Å²) in [7, 11) is -1.40. The van der Waals surface area contributed by atoms with Gasteiger partial charge in [-0.05, 0) is 73.8 Å². The van der Waals surface area contributed by atoms with Crippen molar-refractivity contribution in [3.63, 3.8) is 0 Å². The molecule has 1 aliphatic rings. The molecule has 3 N–H and O–H groups in total. The predicted molar refractivity (Wildman–Crippen MR) is 101 cm³/mol. The van der Waals surface area contributed by atoms with Crippen molar-refractivity contribution in [1.29, 1.82) is 0 Å². The van der Waals surface area contributed by atoms with Gasteiger partial charge >= 0.3 is 13.1 Å². The zero-order chi connectivity index (χ0) is 19.8. The van der Waals surface area contributed by atoms with Gasteiger partial charge in [-0.1, -0.05) is 12.5 Å². The first-order valence-corrected chi connectivity index (χ1v) is 9.09. The van der Waals surface area contributed by atoms with Crippen molar-refractivity contribution in [1.82, 2.24) is 4.98 Å². The van der Waals surface area contributed by atoms with E-state index in [2.05, 4.69) is 4.98 Å². The lowest BCUT2D eigenvalue weighted by Gasteiger charge is -2.28. The van der Waals surface area contributed by atoms with E-state index in [1.165, 1.54) is 6.07 Å². The highest BCUT2D eigenvalue weighted by Gasteiger charge is 2.49. The molecule has 7 heteroatoms. The molecular weight excluding hydrogens is 348 g/mol. The Labute approximate surface area is 158 Å². The van der Waals surface area contributed by atoms with Gasteiger partial charge in [-0.25, -0.2) is 4.39 Å². The number of hydrogen-bond acceptors (Lipinski definition) is 4. The molecule has 0 spiro atoms. The number of aliphatic carboxylic acids is 1. The fraction of sp³-hybridized carbons (Fsp3) is 0.400. The van der Waals surface area contributed by atoms with Gasteiger partial charge in [0, 0.05) is 11.8 Å². The number of pyridine rings is 1. The van der Waals surface area contributed by atoms with Crippen LogP contribution in [-0.4, -0.2) is 33.2 Å². The minimum absolute atomic E-state index is 0.190. The SMILES string of the molecule is Cc1cccnc1-c1cc2c(cc1F)C[C@H](CCCB(O)O)[C@]2(C)C(=O)O. The van der Waals surface area contributed by atoms with E-state index < -0.39 is 24.3 Å². The summed E-state index contributed by atoms with van der Waals surface area (Å²) >= 11 is 0. The van der Waals surface area contributed by atoms with E-state index in [9.17, 15) is 14.3 Å². The minimum atomic E-state index is -1.40. The van der Waals surface area contributed by atoms with Crippen molar-refractivity contribution in [2.75, 3.05) is 0 Å². The smallest absolute Gasteiger partial charge is 0.451 e. The van der Waals surface area contributed by atoms with E-state index in [1.807, 2.05) is 13.0 Å². The lowest BCUT2D eigenvalue weighted by atomic mass is 9.72. The second-order valence-electron chi connectivity index (χ2n) is 7.48. The third kappa shape index (κ3) is 3.49. The molecule has 27 heavy (non-hydrogen) atoms. The zero-order valence-electron chi connectivity index (χ0n) is 15.4. The van der Waals surface area contributed by atoms with E-state index in [0.29, 0.717) is 41.6 Å². The molecule has 1 aromatic carbocycles. The molecule has 5 nitrogen and oxygen atoms in total. The highest BCUT2D eigenvalue weighted by atomic mass is 19.1. The average molecular weight is 371 g/mol. The third-order valence-corrected chi connectivity index (χ3v) is 5.76.